The van der Waals surface area contributed by atoms with E-state index in [0.29, 0.717) is 0 Å². The van der Waals surface area contributed by atoms with Gasteiger partial charge in [-0.25, -0.2) is 0 Å². The Kier molecular flexibility index (Phi) is 18.1. The monoisotopic (exact) mass is 783 g/mol. The number of ether oxygens (including phenoxy) is 5. The zero-order chi connectivity index (χ0) is 42.3. The molecule has 2 rings (SSSR count). The number of amides is 1. The molecule has 0 fully saturated rings. The molecule has 0 radical (unpaired) electrons. The molecule has 0 heterocycles. The molecule has 310 valence electrons. The molecule has 0 aliphatic carbocycles. The highest BCUT2D eigenvalue weighted by Gasteiger charge is 2.34. The number of hydrogen-bond acceptors (Lipinski definition) is 13. The number of hydrogen-bond donors (Lipinski definition) is 0. The van der Waals surface area contributed by atoms with E-state index in [1.54, 1.807) is 118 Å². The van der Waals surface area contributed by atoms with Crippen molar-refractivity contribution in [2.24, 2.45) is 0 Å². The Labute approximate surface area is 331 Å². The van der Waals surface area contributed by atoms with E-state index in [1.807, 2.05) is 12.1 Å². The lowest BCUT2D eigenvalue weighted by molar-refractivity contribution is -0.163. The molecule has 0 aliphatic heterocycles. The summed E-state index contributed by atoms with van der Waals surface area (Å²) in [5.74, 6) is -3.97. The Morgan fingerprint density at radius 3 is 1.20 bits per heavy atom. The number of carbonyl (C=O) groups is 6. The zero-order valence-corrected chi connectivity index (χ0v) is 34.9. The lowest BCUT2D eigenvalue weighted by atomic mass is 10.1. The third kappa shape index (κ3) is 19.7. The van der Waals surface area contributed by atoms with E-state index in [4.69, 9.17) is 23.7 Å². The molecule has 56 heavy (non-hydrogen) atoms. The fourth-order valence-corrected chi connectivity index (χ4v) is 5.29. The third-order valence-corrected chi connectivity index (χ3v) is 7.72. The van der Waals surface area contributed by atoms with Crippen molar-refractivity contribution in [3.63, 3.8) is 0 Å². The maximum atomic E-state index is 14.5. The molecule has 14 heteroatoms. The van der Waals surface area contributed by atoms with E-state index >= 15 is 0 Å². The molecule has 1 amide bonds. The van der Waals surface area contributed by atoms with Crippen LogP contribution < -0.4 is 0 Å². The van der Waals surface area contributed by atoms with E-state index in [0.717, 1.165) is 11.1 Å². The zero-order valence-electron chi connectivity index (χ0n) is 34.9. The van der Waals surface area contributed by atoms with E-state index in [2.05, 4.69) is 0 Å². The Morgan fingerprint density at radius 1 is 0.500 bits per heavy atom. The molecule has 0 aromatic heterocycles. The van der Waals surface area contributed by atoms with Crippen molar-refractivity contribution in [2.45, 2.75) is 118 Å². The Balaban J connectivity index is 2.43. The Bertz CT molecular complexity index is 1510. The van der Waals surface area contributed by atoms with Gasteiger partial charge in [-0.3, -0.25) is 38.6 Å². The molecule has 14 nitrogen and oxygen atoms in total. The first kappa shape index (κ1) is 47.3. The van der Waals surface area contributed by atoms with Gasteiger partial charge in [0.25, 0.3) is 0 Å². The second-order valence-corrected chi connectivity index (χ2v) is 16.6. The molecular weight excluding hydrogens is 722 g/mol. The van der Waals surface area contributed by atoms with Gasteiger partial charge in [-0.05, 0) is 87.3 Å². The van der Waals surface area contributed by atoms with Crippen LogP contribution in [0, 0.1) is 0 Å². The minimum Gasteiger partial charge on any atom is -0.460 e. The van der Waals surface area contributed by atoms with Crippen molar-refractivity contribution in [1.82, 2.24) is 14.7 Å². The highest BCUT2D eigenvalue weighted by atomic mass is 16.6. The second-order valence-electron chi connectivity index (χ2n) is 16.6. The van der Waals surface area contributed by atoms with Crippen LogP contribution in [0.1, 0.15) is 87.3 Å². The fraction of sp³-hybridized carbons (Fsp3) is 0.571. The molecular formula is C42H61N3O11. The molecule has 2 aromatic rings. The van der Waals surface area contributed by atoms with Crippen LogP contribution in [0.5, 0.6) is 0 Å². The molecule has 0 N–H and O–H groups in total. The van der Waals surface area contributed by atoms with Crippen LogP contribution in [-0.2, 0) is 65.7 Å². The van der Waals surface area contributed by atoms with Gasteiger partial charge in [0.05, 0.1) is 32.2 Å². The predicted molar refractivity (Wildman–Crippen MR) is 209 cm³/mol. The van der Waals surface area contributed by atoms with E-state index in [9.17, 15) is 28.8 Å². The van der Waals surface area contributed by atoms with E-state index < -0.39 is 84.3 Å². The van der Waals surface area contributed by atoms with E-state index in [-0.39, 0.29) is 32.8 Å². The first-order valence-electron chi connectivity index (χ1n) is 18.7. The van der Waals surface area contributed by atoms with Crippen molar-refractivity contribution in [3.8, 4) is 0 Å². The highest BCUT2D eigenvalue weighted by Crippen LogP contribution is 2.16. The van der Waals surface area contributed by atoms with Crippen molar-refractivity contribution in [1.29, 1.82) is 0 Å². The summed E-state index contributed by atoms with van der Waals surface area (Å²) in [6, 6.07) is 16.2. The van der Waals surface area contributed by atoms with Crippen LogP contribution in [0.15, 0.2) is 60.7 Å². The van der Waals surface area contributed by atoms with Crippen molar-refractivity contribution < 1.29 is 52.5 Å². The number of nitrogens with zero attached hydrogens (tertiary/aromatic N) is 3. The lowest BCUT2D eigenvalue weighted by Crippen LogP contribution is -2.55. The summed E-state index contributed by atoms with van der Waals surface area (Å²) in [7, 11) is 0. The van der Waals surface area contributed by atoms with Gasteiger partial charge in [-0.15, -0.1) is 0 Å². The van der Waals surface area contributed by atoms with E-state index in [1.165, 1.54) is 21.6 Å². The van der Waals surface area contributed by atoms with Gasteiger partial charge in [0, 0.05) is 12.6 Å². The molecule has 2 atom stereocenters. The minimum absolute atomic E-state index is 0.0261. The SMILES string of the molecule is C[C@@H](CN(CC(=O)OC(C)(C)C)C(=O)[C@H](C)N(CC(=O)OCc1ccccc1)CC(=O)OCc1ccccc1)N(CC(=O)OC(C)(C)C)CC(=O)OC(C)(C)C. The standard InChI is InChI=1S/C42H61N3O11/c1-30(43(25-36(48)54-40(3,4)5)26-37(49)55-41(6,7)8)22-45(27-38(50)56-42(9,10)11)39(51)31(2)44(23-34(46)52-28-32-18-14-12-15-19-32)24-35(47)53-29-33-20-16-13-17-21-33/h12-21,30-31H,22-29H2,1-11H3/t30-,31-/m0/s1. The lowest BCUT2D eigenvalue weighted by Gasteiger charge is -2.36. The Morgan fingerprint density at radius 2 is 0.839 bits per heavy atom. The number of rotatable bonds is 19. The highest BCUT2D eigenvalue weighted by molar-refractivity contribution is 5.87. The number of benzene rings is 2. The van der Waals surface area contributed by atoms with Gasteiger partial charge in [0.1, 0.15) is 36.6 Å². The first-order chi connectivity index (χ1) is 25.9. The number of esters is 5. The van der Waals surface area contributed by atoms with Gasteiger partial charge in [-0.2, -0.15) is 0 Å². The molecule has 0 saturated carbocycles. The van der Waals surface area contributed by atoms with Crippen LogP contribution in [-0.4, -0.2) is 119 Å². The largest absolute Gasteiger partial charge is 0.460 e. The summed E-state index contributed by atoms with van der Waals surface area (Å²) in [6.07, 6.45) is 0. The minimum atomic E-state index is -1.16. The summed E-state index contributed by atoms with van der Waals surface area (Å²) < 4.78 is 27.6. The van der Waals surface area contributed by atoms with Gasteiger partial charge >= 0.3 is 29.8 Å². The first-order valence-corrected chi connectivity index (χ1v) is 18.7. The predicted octanol–water partition coefficient (Wildman–Crippen LogP) is 4.71. The third-order valence-electron chi connectivity index (χ3n) is 7.72. The van der Waals surface area contributed by atoms with Gasteiger partial charge < -0.3 is 28.6 Å². The summed E-state index contributed by atoms with van der Waals surface area (Å²) in [6.45, 7) is 16.3. The molecule has 2 aromatic carbocycles. The van der Waals surface area contributed by atoms with Gasteiger partial charge in [0.2, 0.25) is 5.91 Å². The average Bonchev–Trinajstić information content (AvgIpc) is 3.06. The quantitative estimate of drug-likeness (QED) is 0.143. The summed E-state index contributed by atoms with van der Waals surface area (Å²) in [4.78, 5) is 84.1. The summed E-state index contributed by atoms with van der Waals surface area (Å²) in [5, 5.41) is 0. The maximum Gasteiger partial charge on any atom is 0.326 e. The average molecular weight is 784 g/mol. The molecule has 0 saturated heterocycles. The molecule has 0 bridgehead atoms. The Hall–Kier alpha value is -4.82. The maximum absolute atomic E-state index is 14.5. The van der Waals surface area contributed by atoms with Crippen LogP contribution in [0.3, 0.4) is 0 Å². The normalized spacial score (nSPS) is 13.0. The van der Waals surface area contributed by atoms with Crippen molar-refractivity contribution in [2.75, 3.05) is 39.3 Å². The molecule has 0 spiro atoms. The van der Waals surface area contributed by atoms with Gasteiger partial charge in [-0.1, -0.05) is 60.7 Å². The topological polar surface area (TPSA) is 158 Å². The smallest absolute Gasteiger partial charge is 0.326 e. The number of carbonyl (C=O) groups excluding carboxylic acids is 6. The van der Waals surface area contributed by atoms with Crippen LogP contribution in [0.4, 0.5) is 0 Å². The van der Waals surface area contributed by atoms with Gasteiger partial charge in [0.15, 0.2) is 0 Å². The van der Waals surface area contributed by atoms with Crippen molar-refractivity contribution >= 4 is 35.8 Å². The van der Waals surface area contributed by atoms with Crippen LogP contribution in [0.25, 0.3) is 0 Å². The molecule has 0 unspecified atom stereocenters. The van der Waals surface area contributed by atoms with Crippen LogP contribution >= 0.6 is 0 Å². The molecule has 0 aliphatic rings. The summed E-state index contributed by atoms with van der Waals surface area (Å²) in [5.41, 5.74) is -0.989. The fourth-order valence-electron chi connectivity index (χ4n) is 5.29. The second kappa shape index (κ2) is 21.5. The van der Waals surface area contributed by atoms with Crippen LogP contribution in [0.2, 0.25) is 0 Å². The van der Waals surface area contributed by atoms with Crippen molar-refractivity contribution in [3.05, 3.63) is 71.8 Å². The summed E-state index contributed by atoms with van der Waals surface area (Å²) >= 11 is 0.